The van der Waals surface area contributed by atoms with Gasteiger partial charge < -0.3 is 5.32 Å². The first-order chi connectivity index (χ1) is 9.10. The lowest BCUT2D eigenvalue weighted by molar-refractivity contribution is -0.385. The van der Waals surface area contributed by atoms with E-state index in [2.05, 4.69) is 10.2 Å². The van der Waals surface area contributed by atoms with E-state index in [0.717, 1.165) is 32.0 Å². The zero-order chi connectivity index (χ0) is 13.8. The summed E-state index contributed by atoms with van der Waals surface area (Å²) in [5.74, 6) is -0.428. The molecule has 1 aliphatic rings. The van der Waals surface area contributed by atoms with Gasteiger partial charge in [-0.25, -0.2) is 4.39 Å². The Morgan fingerprint density at radius 3 is 3.05 bits per heavy atom. The Bertz CT molecular complexity index is 467. The van der Waals surface area contributed by atoms with Crippen molar-refractivity contribution in [3.05, 3.63) is 39.7 Å². The molecule has 0 radical (unpaired) electrons. The first-order valence-electron chi connectivity index (χ1n) is 6.42. The van der Waals surface area contributed by atoms with E-state index in [1.807, 2.05) is 7.05 Å². The van der Waals surface area contributed by atoms with Crippen LogP contribution in [0.3, 0.4) is 0 Å². The number of nitrogens with zero attached hydrogens (tertiary/aromatic N) is 2. The highest BCUT2D eigenvalue weighted by molar-refractivity contribution is 5.40. The van der Waals surface area contributed by atoms with Crippen LogP contribution >= 0.6 is 0 Å². The molecule has 1 aliphatic heterocycles. The van der Waals surface area contributed by atoms with E-state index in [-0.39, 0.29) is 5.69 Å². The lowest BCUT2D eigenvalue weighted by Crippen LogP contribution is -2.43. The Labute approximate surface area is 111 Å². The van der Waals surface area contributed by atoms with Gasteiger partial charge in [0, 0.05) is 30.8 Å². The van der Waals surface area contributed by atoms with Gasteiger partial charge in [0.15, 0.2) is 0 Å². The van der Waals surface area contributed by atoms with E-state index in [9.17, 15) is 14.5 Å². The molecular weight excluding hydrogens is 249 g/mol. The Morgan fingerprint density at radius 1 is 1.58 bits per heavy atom. The van der Waals surface area contributed by atoms with Crippen LogP contribution in [0, 0.1) is 15.9 Å². The number of nitro benzene ring substituents is 1. The minimum Gasteiger partial charge on any atom is -0.316 e. The fourth-order valence-electron chi connectivity index (χ4n) is 2.53. The highest BCUT2D eigenvalue weighted by Gasteiger charge is 2.22. The van der Waals surface area contributed by atoms with Crippen molar-refractivity contribution in [2.45, 2.75) is 25.4 Å². The van der Waals surface area contributed by atoms with Gasteiger partial charge >= 0.3 is 0 Å². The zero-order valence-electron chi connectivity index (χ0n) is 10.9. The summed E-state index contributed by atoms with van der Waals surface area (Å²) in [4.78, 5) is 12.6. The van der Waals surface area contributed by atoms with Crippen LogP contribution in [0.2, 0.25) is 0 Å². The second-order valence-electron chi connectivity index (χ2n) is 4.89. The van der Waals surface area contributed by atoms with Gasteiger partial charge in [-0.2, -0.15) is 0 Å². The molecule has 1 N–H and O–H groups in total. The van der Waals surface area contributed by atoms with E-state index in [1.165, 1.54) is 12.1 Å². The molecule has 5 nitrogen and oxygen atoms in total. The van der Waals surface area contributed by atoms with E-state index in [4.69, 9.17) is 0 Å². The fraction of sp³-hybridized carbons (Fsp3) is 0.538. The number of likely N-dealkylation sites (N-methyl/N-ethyl adjacent to an activating group) is 1. The normalized spacial score (nSPS) is 20.4. The van der Waals surface area contributed by atoms with Crippen molar-refractivity contribution in [2.24, 2.45) is 0 Å². The number of piperidine rings is 1. The minimum atomic E-state index is -0.450. The van der Waals surface area contributed by atoms with Gasteiger partial charge in [0.05, 0.1) is 4.92 Å². The molecule has 1 saturated heterocycles. The Hall–Kier alpha value is -1.53. The molecule has 0 aromatic heterocycles. The number of halogens is 1. The summed E-state index contributed by atoms with van der Waals surface area (Å²) in [5, 5.41) is 14.2. The Balaban J connectivity index is 2.13. The maximum atomic E-state index is 13.3. The quantitative estimate of drug-likeness (QED) is 0.669. The summed E-state index contributed by atoms with van der Waals surface area (Å²) < 4.78 is 13.3. The SMILES string of the molecule is CNC1CCCN(Cc2cc(F)ccc2[N+](=O)[O-])C1. The maximum absolute atomic E-state index is 13.3. The van der Waals surface area contributed by atoms with Gasteiger partial charge in [0.1, 0.15) is 5.82 Å². The fourth-order valence-corrected chi connectivity index (χ4v) is 2.53. The van der Waals surface area contributed by atoms with Crippen molar-refractivity contribution >= 4 is 5.69 Å². The molecule has 19 heavy (non-hydrogen) atoms. The number of nitrogens with one attached hydrogen (secondary N) is 1. The number of hydrogen-bond acceptors (Lipinski definition) is 4. The van der Waals surface area contributed by atoms with Gasteiger partial charge in [0.2, 0.25) is 0 Å². The van der Waals surface area contributed by atoms with Crippen LogP contribution < -0.4 is 5.32 Å². The van der Waals surface area contributed by atoms with Crippen LogP contribution in [-0.4, -0.2) is 36.0 Å². The molecule has 0 aliphatic carbocycles. The van der Waals surface area contributed by atoms with E-state index in [0.29, 0.717) is 18.2 Å². The van der Waals surface area contributed by atoms with Gasteiger partial charge in [-0.3, -0.25) is 15.0 Å². The van der Waals surface area contributed by atoms with Gasteiger partial charge in [-0.15, -0.1) is 0 Å². The predicted octanol–water partition coefficient (Wildman–Crippen LogP) is 1.92. The largest absolute Gasteiger partial charge is 0.316 e. The van der Waals surface area contributed by atoms with Crippen LogP contribution in [0.4, 0.5) is 10.1 Å². The molecule has 1 fully saturated rings. The molecule has 0 bridgehead atoms. The molecular formula is C13H18FN3O2. The molecule has 104 valence electrons. The maximum Gasteiger partial charge on any atom is 0.274 e. The lowest BCUT2D eigenvalue weighted by atomic mass is 10.0. The monoisotopic (exact) mass is 267 g/mol. The van der Waals surface area contributed by atoms with Crippen molar-refractivity contribution in [2.75, 3.05) is 20.1 Å². The molecule has 0 saturated carbocycles. The van der Waals surface area contributed by atoms with Gasteiger partial charge in [-0.1, -0.05) is 0 Å². The van der Waals surface area contributed by atoms with Crippen LogP contribution in [0.25, 0.3) is 0 Å². The van der Waals surface area contributed by atoms with Crippen molar-refractivity contribution < 1.29 is 9.31 Å². The first-order valence-corrected chi connectivity index (χ1v) is 6.42. The molecule has 1 atom stereocenters. The van der Waals surface area contributed by atoms with Crippen LogP contribution in [0.15, 0.2) is 18.2 Å². The van der Waals surface area contributed by atoms with Crippen molar-refractivity contribution in [3.8, 4) is 0 Å². The number of rotatable bonds is 4. The highest BCUT2D eigenvalue weighted by Crippen LogP contribution is 2.22. The topological polar surface area (TPSA) is 58.4 Å². The minimum absolute atomic E-state index is 0.00650. The number of hydrogen-bond donors (Lipinski definition) is 1. The standard InChI is InChI=1S/C13H18FN3O2/c1-15-12-3-2-6-16(9-12)8-10-7-11(14)4-5-13(10)17(18)19/h4-5,7,12,15H,2-3,6,8-9H2,1H3. The zero-order valence-corrected chi connectivity index (χ0v) is 10.9. The molecule has 2 rings (SSSR count). The summed E-state index contributed by atoms with van der Waals surface area (Å²) in [6.07, 6.45) is 2.16. The lowest BCUT2D eigenvalue weighted by Gasteiger charge is -2.32. The first kappa shape index (κ1) is 13.9. The van der Waals surface area contributed by atoms with E-state index in [1.54, 1.807) is 0 Å². The predicted molar refractivity (Wildman–Crippen MR) is 70.4 cm³/mol. The third kappa shape index (κ3) is 3.48. The number of benzene rings is 1. The van der Waals surface area contributed by atoms with Crippen molar-refractivity contribution in [1.82, 2.24) is 10.2 Å². The summed E-state index contributed by atoms with van der Waals surface area (Å²) in [7, 11) is 1.92. The van der Waals surface area contributed by atoms with Crippen molar-refractivity contribution in [1.29, 1.82) is 0 Å². The van der Waals surface area contributed by atoms with Crippen molar-refractivity contribution in [3.63, 3.8) is 0 Å². The van der Waals surface area contributed by atoms with Crippen LogP contribution in [0.1, 0.15) is 18.4 Å². The average Bonchev–Trinajstić information content (AvgIpc) is 2.38. The summed E-state index contributed by atoms with van der Waals surface area (Å²) >= 11 is 0. The molecule has 1 heterocycles. The smallest absolute Gasteiger partial charge is 0.274 e. The highest BCUT2D eigenvalue weighted by atomic mass is 19.1. The van der Waals surface area contributed by atoms with Gasteiger partial charge in [0.25, 0.3) is 5.69 Å². The Kier molecular flexibility index (Phi) is 4.44. The molecule has 6 heteroatoms. The third-order valence-corrected chi connectivity index (χ3v) is 3.55. The molecule has 0 spiro atoms. The summed E-state index contributed by atoms with van der Waals surface area (Å²) in [6.45, 7) is 2.16. The van der Waals surface area contributed by atoms with Crippen LogP contribution in [-0.2, 0) is 6.54 Å². The molecule has 1 aromatic carbocycles. The number of likely N-dealkylation sites (tertiary alicyclic amines) is 1. The summed E-state index contributed by atoms with van der Waals surface area (Å²) in [5.41, 5.74) is 0.440. The second kappa shape index (κ2) is 6.08. The molecule has 1 aromatic rings. The third-order valence-electron chi connectivity index (χ3n) is 3.55. The van der Waals surface area contributed by atoms with E-state index >= 15 is 0 Å². The van der Waals surface area contributed by atoms with Crippen LogP contribution in [0.5, 0.6) is 0 Å². The molecule has 0 amide bonds. The second-order valence-corrected chi connectivity index (χ2v) is 4.89. The number of nitro groups is 1. The average molecular weight is 267 g/mol. The van der Waals surface area contributed by atoms with E-state index < -0.39 is 10.7 Å². The van der Waals surface area contributed by atoms with Gasteiger partial charge in [-0.05, 0) is 38.6 Å². The summed E-state index contributed by atoms with van der Waals surface area (Å²) in [6, 6.07) is 4.04. The Morgan fingerprint density at radius 2 is 2.37 bits per heavy atom. The molecule has 1 unspecified atom stereocenters.